The minimum atomic E-state index is -0.619. The normalized spacial score (nSPS) is 12.7. The highest BCUT2D eigenvalue weighted by atomic mass is 35.5. The van der Waals surface area contributed by atoms with Crippen LogP contribution in [0.5, 0.6) is 0 Å². The van der Waals surface area contributed by atoms with E-state index >= 15 is 0 Å². The first kappa shape index (κ1) is 14.1. The van der Waals surface area contributed by atoms with E-state index in [4.69, 9.17) is 11.6 Å². The molecule has 0 heterocycles. The van der Waals surface area contributed by atoms with Crippen LogP contribution in [0.15, 0.2) is 48.5 Å². The molecule has 0 aliphatic rings. The van der Waals surface area contributed by atoms with Crippen molar-refractivity contribution >= 4 is 11.6 Å². The molecule has 0 saturated carbocycles. The average molecular weight is 275 g/mol. The van der Waals surface area contributed by atoms with Crippen molar-refractivity contribution in [2.45, 2.75) is 26.4 Å². The van der Waals surface area contributed by atoms with Crippen molar-refractivity contribution < 1.29 is 5.11 Å². The summed E-state index contributed by atoms with van der Waals surface area (Å²) in [5, 5.41) is 11.0. The molecule has 100 valence electrons. The minimum absolute atomic E-state index is 0.619. The van der Waals surface area contributed by atoms with Crippen LogP contribution in [-0.4, -0.2) is 5.11 Å². The molecule has 1 atom stereocenters. The Kier molecular flexibility index (Phi) is 4.62. The molecule has 0 saturated heterocycles. The highest BCUT2D eigenvalue weighted by Crippen LogP contribution is 2.24. The molecule has 2 aromatic rings. The molecule has 0 fully saturated rings. The lowest BCUT2D eigenvalue weighted by Gasteiger charge is -2.13. The van der Waals surface area contributed by atoms with Gasteiger partial charge in [-0.25, -0.2) is 0 Å². The molecule has 2 aromatic carbocycles. The van der Waals surface area contributed by atoms with Crippen molar-refractivity contribution in [1.82, 2.24) is 0 Å². The minimum Gasteiger partial charge on any atom is -0.384 e. The van der Waals surface area contributed by atoms with Crippen LogP contribution in [-0.2, 0) is 6.42 Å². The largest absolute Gasteiger partial charge is 0.384 e. The predicted molar refractivity (Wildman–Crippen MR) is 80.5 cm³/mol. The first-order valence-corrected chi connectivity index (χ1v) is 6.96. The van der Waals surface area contributed by atoms with Crippen molar-refractivity contribution in [2.75, 3.05) is 0 Å². The lowest BCUT2D eigenvalue weighted by atomic mass is 9.97. The average Bonchev–Trinajstić information content (AvgIpc) is 2.38. The number of aliphatic hydroxyl groups excluding tert-OH is 1. The first-order chi connectivity index (χ1) is 9.06. The second-order valence-corrected chi connectivity index (χ2v) is 5.73. The maximum atomic E-state index is 10.3. The van der Waals surface area contributed by atoms with E-state index in [1.165, 1.54) is 5.56 Å². The van der Waals surface area contributed by atoms with Crippen LogP contribution in [0, 0.1) is 5.92 Å². The van der Waals surface area contributed by atoms with Gasteiger partial charge in [-0.3, -0.25) is 0 Å². The Bertz CT molecular complexity index is 531. The van der Waals surface area contributed by atoms with Crippen LogP contribution >= 0.6 is 11.6 Å². The molecule has 19 heavy (non-hydrogen) atoms. The van der Waals surface area contributed by atoms with Gasteiger partial charge in [-0.05, 0) is 41.2 Å². The van der Waals surface area contributed by atoms with E-state index in [9.17, 15) is 5.11 Å². The van der Waals surface area contributed by atoms with Gasteiger partial charge in [0.1, 0.15) is 6.10 Å². The number of benzene rings is 2. The van der Waals surface area contributed by atoms with E-state index in [-0.39, 0.29) is 0 Å². The van der Waals surface area contributed by atoms with Gasteiger partial charge in [0.2, 0.25) is 0 Å². The van der Waals surface area contributed by atoms with Crippen LogP contribution in [0.2, 0.25) is 5.02 Å². The standard InChI is InChI=1S/C17H19ClO/c1-12(2)10-13-6-8-14(9-7-13)17(19)15-4-3-5-16(18)11-15/h3-9,11-12,17,19H,10H2,1-2H3. The van der Waals surface area contributed by atoms with Gasteiger partial charge in [-0.15, -0.1) is 0 Å². The summed E-state index contributed by atoms with van der Waals surface area (Å²) in [4.78, 5) is 0. The highest BCUT2D eigenvalue weighted by Gasteiger charge is 2.10. The molecule has 0 aliphatic carbocycles. The van der Waals surface area contributed by atoms with Gasteiger partial charge in [0.25, 0.3) is 0 Å². The van der Waals surface area contributed by atoms with Crippen molar-refractivity contribution in [2.24, 2.45) is 5.92 Å². The number of aliphatic hydroxyl groups is 1. The molecule has 0 aromatic heterocycles. The van der Waals surface area contributed by atoms with Crippen molar-refractivity contribution in [3.05, 3.63) is 70.2 Å². The summed E-state index contributed by atoms with van der Waals surface area (Å²) in [7, 11) is 0. The number of hydrogen-bond donors (Lipinski definition) is 1. The molecule has 0 amide bonds. The third-order valence-corrected chi connectivity index (χ3v) is 3.34. The molecule has 0 aliphatic heterocycles. The molecule has 0 radical (unpaired) electrons. The molecular weight excluding hydrogens is 256 g/mol. The van der Waals surface area contributed by atoms with Crippen LogP contribution in [0.25, 0.3) is 0 Å². The summed E-state index contributed by atoms with van der Waals surface area (Å²) in [5.74, 6) is 0.642. The Hall–Kier alpha value is -1.31. The Labute approximate surface area is 119 Å². The quantitative estimate of drug-likeness (QED) is 0.862. The van der Waals surface area contributed by atoms with E-state index in [0.29, 0.717) is 10.9 Å². The third-order valence-electron chi connectivity index (χ3n) is 3.10. The summed E-state index contributed by atoms with van der Waals surface area (Å²) in [6.45, 7) is 4.41. The second-order valence-electron chi connectivity index (χ2n) is 5.30. The fourth-order valence-electron chi connectivity index (χ4n) is 2.18. The second kappa shape index (κ2) is 6.23. The van der Waals surface area contributed by atoms with Crippen molar-refractivity contribution in [3.8, 4) is 0 Å². The van der Waals surface area contributed by atoms with E-state index in [0.717, 1.165) is 17.5 Å². The smallest absolute Gasteiger partial charge is 0.104 e. The van der Waals surface area contributed by atoms with Gasteiger partial charge in [-0.1, -0.05) is 61.8 Å². The molecule has 2 heteroatoms. The highest BCUT2D eigenvalue weighted by molar-refractivity contribution is 6.30. The topological polar surface area (TPSA) is 20.2 Å². The maximum Gasteiger partial charge on any atom is 0.104 e. The zero-order valence-corrected chi connectivity index (χ0v) is 12.1. The lowest BCUT2D eigenvalue weighted by Crippen LogP contribution is -2.00. The Morgan fingerprint density at radius 1 is 1.00 bits per heavy atom. The van der Waals surface area contributed by atoms with Crippen molar-refractivity contribution in [3.63, 3.8) is 0 Å². The molecule has 1 nitrogen and oxygen atoms in total. The Morgan fingerprint density at radius 2 is 1.68 bits per heavy atom. The van der Waals surface area contributed by atoms with E-state index < -0.39 is 6.10 Å². The first-order valence-electron chi connectivity index (χ1n) is 6.58. The molecule has 1 N–H and O–H groups in total. The zero-order valence-electron chi connectivity index (χ0n) is 11.3. The summed E-state index contributed by atoms with van der Waals surface area (Å²) >= 11 is 5.95. The molecule has 0 spiro atoms. The molecule has 0 bridgehead atoms. The van der Waals surface area contributed by atoms with Gasteiger partial charge in [0.05, 0.1) is 0 Å². The number of rotatable bonds is 4. The van der Waals surface area contributed by atoms with Crippen LogP contribution in [0.3, 0.4) is 0 Å². The summed E-state index contributed by atoms with van der Waals surface area (Å²) in [5.41, 5.74) is 3.02. The van der Waals surface area contributed by atoms with E-state index in [2.05, 4.69) is 26.0 Å². The van der Waals surface area contributed by atoms with Gasteiger partial charge < -0.3 is 5.11 Å². The van der Waals surface area contributed by atoms with Gasteiger partial charge >= 0.3 is 0 Å². The number of hydrogen-bond acceptors (Lipinski definition) is 1. The Morgan fingerprint density at radius 3 is 2.26 bits per heavy atom. The molecular formula is C17H19ClO. The van der Waals surface area contributed by atoms with Crippen LogP contribution in [0.4, 0.5) is 0 Å². The van der Waals surface area contributed by atoms with Gasteiger partial charge in [0, 0.05) is 5.02 Å². The van der Waals surface area contributed by atoms with Gasteiger partial charge in [0.15, 0.2) is 0 Å². The third kappa shape index (κ3) is 3.82. The predicted octanol–water partition coefficient (Wildman–Crippen LogP) is 4.62. The fourth-order valence-corrected chi connectivity index (χ4v) is 2.38. The van der Waals surface area contributed by atoms with E-state index in [1.54, 1.807) is 6.07 Å². The fraction of sp³-hybridized carbons (Fsp3) is 0.294. The summed E-state index contributed by atoms with van der Waals surface area (Å²) in [6.07, 6.45) is 0.444. The SMILES string of the molecule is CC(C)Cc1ccc(C(O)c2cccc(Cl)c2)cc1. The summed E-state index contributed by atoms with van der Waals surface area (Å²) in [6, 6.07) is 15.5. The zero-order chi connectivity index (χ0) is 13.8. The van der Waals surface area contributed by atoms with Crippen molar-refractivity contribution in [1.29, 1.82) is 0 Å². The molecule has 1 unspecified atom stereocenters. The Balaban J connectivity index is 2.17. The van der Waals surface area contributed by atoms with Crippen LogP contribution in [0.1, 0.15) is 36.6 Å². The van der Waals surface area contributed by atoms with Crippen LogP contribution < -0.4 is 0 Å². The monoisotopic (exact) mass is 274 g/mol. The summed E-state index contributed by atoms with van der Waals surface area (Å²) < 4.78 is 0. The molecule has 2 rings (SSSR count). The lowest BCUT2D eigenvalue weighted by molar-refractivity contribution is 0.220. The number of halogens is 1. The van der Waals surface area contributed by atoms with Gasteiger partial charge in [-0.2, -0.15) is 0 Å². The van der Waals surface area contributed by atoms with E-state index in [1.807, 2.05) is 30.3 Å². The maximum absolute atomic E-state index is 10.3.